The average Bonchev–Trinajstić information content (AvgIpc) is 2.28. The van der Waals surface area contributed by atoms with E-state index >= 15 is 0 Å². The van der Waals surface area contributed by atoms with Crippen molar-refractivity contribution < 1.29 is 9.72 Å². The predicted molar refractivity (Wildman–Crippen MR) is 64.5 cm³/mol. The number of carbonyl (C=O) groups excluding carboxylic acids is 1. The lowest BCUT2D eigenvalue weighted by Gasteiger charge is -2.15. The van der Waals surface area contributed by atoms with E-state index in [1.54, 1.807) is 13.8 Å². The molecule has 1 aromatic rings. The third-order valence-corrected chi connectivity index (χ3v) is 2.55. The van der Waals surface area contributed by atoms with E-state index in [1.165, 1.54) is 24.3 Å². The first kappa shape index (κ1) is 13.1. The van der Waals surface area contributed by atoms with E-state index in [9.17, 15) is 14.9 Å². The van der Waals surface area contributed by atoms with Crippen LogP contribution in [0.2, 0.25) is 0 Å². The van der Waals surface area contributed by atoms with Gasteiger partial charge in [-0.15, -0.1) is 0 Å². The lowest BCUT2D eigenvalue weighted by molar-refractivity contribution is -0.384. The molecule has 6 nitrogen and oxygen atoms in total. The first-order valence-electron chi connectivity index (χ1n) is 5.22. The van der Waals surface area contributed by atoms with Gasteiger partial charge in [-0.1, -0.05) is 6.92 Å². The first-order chi connectivity index (χ1) is 7.91. The zero-order valence-corrected chi connectivity index (χ0v) is 9.71. The summed E-state index contributed by atoms with van der Waals surface area (Å²) in [6.07, 6.45) is 0. The summed E-state index contributed by atoms with van der Waals surface area (Å²) in [6.45, 7) is 3.48. The van der Waals surface area contributed by atoms with Gasteiger partial charge in [-0.05, 0) is 19.1 Å². The van der Waals surface area contributed by atoms with Crippen LogP contribution in [0.3, 0.4) is 0 Å². The van der Waals surface area contributed by atoms with Gasteiger partial charge in [0.15, 0.2) is 0 Å². The maximum atomic E-state index is 11.6. The number of rotatable bonds is 4. The van der Waals surface area contributed by atoms with Crippen molar-refractivity contribution >= 4 is 17.3 Å². The number of nitrogens with one attached hydrogen (secondary N) is 1. The van der Waals surface area contributed by atoms with Gasteiger partial charge < -0.3 is 11.1 Å². The van der Waals surface area contributed by atoms with Crippen molar-refractivity contribution in [2.45, 2.75) is 19.9 Å². The summed E-state index contributed by atoms with van der Waals surface area (Å²) in [7, 11) is 0. The highest BCUT2D eigenvalue weighted by atomic mass is 16.6. The van der Waals surface area contributed by atoms with E-state index in [0.29, 0.717) is 5.69 Å². The number of nitro benzene ring substituents is 1. The molecule has 6 heteroatoms. The number of anilines is 1. The van der Waals surface area contributed by atoms with E-state index in [1.807, 2.05) is 0 Å². The molecule has 0 radical (unpaired) electrons. The SMILES string of the molecule is CC(N)C(C)C(=O)Nc1ccc([N+](=O)[O-])cc1. The molecule has 3 N–H and O–H groups in total. The molecule has 1 aromatic carbocycles. The van der Waals surface area contributed by atoms with Crippen molar-refractivity contribution in [2.24, 2.45) is 11.7 Å². The molecule has 0 aliphatic carbocycles. The molecule has 2 atom stereocenters. The van der Waals surface area contributed by atoms with E-state index in [4.69, 9.17) is 5.73 Å². The molecule has 0 saturated heterocycles. The van der Waals surface area contributed by atoms with Crippen LogP contribution < -0.4 is 11.1 Å². The van der Waals surface area contributed by atoms with E-state index in [0.717, 1.165) is 0 Å². The number of hydrogen-bond donors (Lipinski definition) is 2. The largest absolute Gasteiger partial charge is 0.327 e. The Kier molecular flexibility index (Phi) is 4.17. The number of nitrogens with zero attached hydrogens (tertiary/aromatic N) is 1. The molecule has 92 valence electrons. The summed E-state index contributed by atoms with van der Waals surface area (Å²) in [5.74, 6) is -0.515. The first-order valence-corrected chi connectivity index (χ1v) is 5.22. The van der Waals surface area contributed by atoms with Crippen molar-refractivity contribution in [3.63, 3.8) is 0 Å². The maximum Gasteiger partial charge on any atom is 0.269 e. The van der Waals surface area contributed by atoms with Crippen LogP contribution >= 0.6 is 0 Å². The van der Waals surface area contributed by atoms with Crippen LogP contribution in [-0.2, 0) is 4.79 Å². The molecule has 1 amide bonds. The molecule has 1 rings (SSSR count). The van der Waals surface area contributed by atoms with Crippen LogP contribution in [0.25, 0.3) is 0 Å². The molecule has 17 heavy (non-hydrogen) atoms. The maximum absolute atomic E-state index is 11.6. The van der Waals surface area contributed by atoms with Crippen LogP contribution in [0.5, 0.6) is 0 Å². The van der Waals surface area contributed by atoms with Crippen molar-refractivity contribution in [2.75, 3.05) is 5.32 Å². The highest BCUT2D eigenvalue weighted by Gasteiger charge is 2.17. The minimum Gasteiger partial charge on any atom is -0.327 e. The fraction of sp³-hybridized carbons (Fsp3) is 0.364. The molecule has 0 aliphatic heterocycles. The van der Waals surface area contributed by atoms with Gasteiger partial charge >= 0.3 is 0 Å². The van der Waals surface area contributed by atoms with Gasteiger partial charge in [0.1, 0.15) is 0 Å². The van der Waals surface area contributed by atoms with Gasteiger partial charge in [0, 0.05) is 23.9 Å². The number of carbonyl (C=O) groups is 1. The van der Waals surface area contributed by atoms with Crippen molar-refractivity contribution in [3.05, 3.63) is 34.4 Å². The molecule has 0 aliphatic rings. The second-order valence-corrected chi connectivity index (χ2v) is 3.94. The van der Waals surface area contributed by atoms with Crippen LogP contribution in [0, 0.1) is 16.0 Å². The molecule has 0 fully saturated rings. The van der Waals surface area contributed by atoms with Crippen LogP contribution in [0.1, 0.15) is 13.8 Å². The number of nitro groups is 1. The summed E-state index contributed by atoms with van der Waals surface area (Å²) in [6, 6.07) is 5.42. The number of amides is 1. The lowest BCUT2D eigenvalue weighted by Crippen LogP contribution is -2.34. The Morgan fingerprint density at radius 2 is 1.88 bits per heavy atom. The molecule has 0 aromatic heterocycles. The highest BCUT2D eigenvalue weighted by molar-refractivity contribution is 5.92. The molecule has 0 heterocycles. The zero-order chi connectivity index (χ0) is 13.0. The van der Waals surface area contributed by atoms with Crippen LogP contribution in [-0.4, -0.2) is 16.9 Å². The molecule has 0 spiro atoms. The fourth-order valence-electron chi connectivity index (χ4n) is 1.16. The molecule has 2 unspecified atom stereocenters. The Bertz CT molecular complexity index is 414. The van der Waals surface area contributed by atoms with Gasteiger partial charge in [-0.3, -0.25) is 14.9 Å². The quantitative estimate of drug-likeness (QED) is 0.612. The van der Waals surface area contributed by atoms with Crippen LogP contribution in [0.4, 0.5) is 11.4 Å². The summed E-state index contributed by atoms with van der Waals surface area (Å²) >= 11 is 0. The molecular formula is C11H15N3O3. The van der Waals surface area contributed by atoms with Crippen LogP contribution in [0.15, 0.2) is 24.3 Å². The minimum absolute atomic E-state index is 0.0109. The lowest BCUT2D eigenvalue weighted by atomic mass is 10.0. The van der Waals surface area contributed by atoms with Gasteiger partial charge in [-0.2, -0.15) is 0 Å². The van der Waals surface area contributed by atoms with Gasteiger partial charge in [0.2, 0.25) is 5.91 Å². The standard InChI is InChI=1S/C11H15N3O3/c1-7(8(2)12)11(15)13-9-3-5-10(6-4-9)14(16)17/h3-8H,12H2,1-2H3,(H,13,15). The summed E-state index contributed by atoms with van der Waals surface area (Å²) < 4.78 is 0. The van der Waals surface area contributed by atoms with Gasteiger partial charge in [-0.25, -0.2) is 0 Å². The number of nitrogens with two attached hydrogens (primary N) is 1. The smallest absolute Gasteiger partial charge is 0.269 e. The second kappa shape index (κ2) is 5.40. The van der Waals surface area contributed by atoms with E-state index < -0.39 is 4.92 Å². The third-order valence-electron chi connectivity index (χ3n) is 2.55. The number of hydrogen-bond acceptors (Lipinski definition) is 4. The number of benzene rings is 1. The van der Waals surface area contributed by atoms with E-state index in [2.05, 4.69) is 5.32 Å². The van der Waals surface area contributed by atoms with Gasteiger partial charge in [0.05, 0.1) is 10.8 Å². The molecular weight excluding hydrogens is 222 g/mol. The number of non-ortho nitro benzene ring substituents is 1. The van der Waals surface area contributed by atoms with Gasteiger partial charge in [0.25, 0.3) is 5.69 Å². The topological polar surface area (TPSA) is 98.3 Å². The Balaban J connectivity index is 2.70. The predicted octanol–water partition coefficient (Wildman–Crippen LogP) is 1.52. The minimum atomic E-state index is -0.490. The van der Waals surface area contributed by atoms with Crippen molar-refractivity contribution in [3.8, 4) is 0 Å². The second-order valence-electron chi connectivity index (χ2n) is 3.94. The Hall–Kier alpha value is -1.95. The summed E-state index contributed by atoms with van der Waals surface area (Å²) in [5, 5.41) is 13.1. The average molecular weight is 237 g/mol. The fourth-order valence-corrected chi connectivity index (χ4v) is 1.16. The molecule has 0 bridgehead atoms. The zero-order valence-electron chi connectivity index (χ0n) is 9.71. The van der Waals surface area contributed by atoms with E-state index in [-0.39, 0.29) is 23.6 Å². The van der Waals surface area contributed by atoms with Crippen molar-refractivity contribution in [1.82, 2.24) is 0 Å². The molecule has 0 saturated carbocycles. The van der Waals surface area contributed by atoms with Crippen molar-refractivity contribution in [1.29, 1.82) is 0 Å². The Labute approximate surface area is 99.0 Å². The Morgan fingerprint density at radius 1 is 1.35 bits per heavy atom. The summed E-state index contributed by atoms with van der Waals surface area (Å²) in [5.41, 5.74) is 6.11. The summed E-state index contributed by atoms with van der Waals surface area (Å²) in [4.78, 5) is 21.6. The Morgan fingerprint density at radius 3 is 2.29 bits per heavy atom. The highest BCUT2D eigenvalue weighted by Crippen LogP contribution is 2.16. The normalized spacial score (nSPS) is 13.8. The monoisotopic (exact) mass is 237 g/mol. The third kappa shape index (κ3) is 3.53.